The number of benzene rings is 2. The number of carbonyl (C=O) groups is 1. The molecule has 2 aromatic carbocycles. The summed E-state index contributed by atoms with van der Waals surface area (Å²) < 4.78 is 13.1. The van der Waals surface area contributed by atoms with E-state index in [-0.39, 0.29) is 17.8 Å². The summed E-state index contributed by atoms with van der Waals surface area (Å²) in [5.41, 5.74) is 2.24. The molecule has 1 amide bonds. The number of amides is 1. The minimum Gasteiger partial charge on any atom is -0.508 e. The van der Waals surface area contributed by atoms with Crippen molar-refractivity contribution in [1.82, 2.24) is 9.80 Å². The zero-order valence-electron chi connectivity index (χ0n) is 15.4. The maximum atomic E-state index is 13.1. The average molecular weight is 368 g/mol. The Morgan fingerprint density at radius 1 is 0.926 bits per heavy atom. The molecule has 2 heterocycles. The van der Waals surface area contributed by atoms with Gasteiger partial charge in [0.15, 0.2) is 0 Å². The van der Waals surface area contributed by atoms with Gasteiger partial charge in [-0.1, -0.05) is 24.3 Å². The van der Waals surface area contributed by atoms with E-state index in [1.54, 1.807) is 24.3 Å². The molecule has 0 saturated carbocycles. The lowest BCUT2D eigenvalue weighted by Crippen LogP contribution is -2.45. The minimum atomic E-state index is -0.249. The number of hydrogen-bond acceptors (Lipinski definition) is 3. The Hall–Kier alpha value is -2.40. The van der Waals surface area contributed by atoms with Crippen molar-refractivity contribution < 1.29 is 14.3 Å². The summed E-state index contributed by atoms with van der Waals surface area (Å²) in [5, 5.41) is 9.44. The number of hydrogen-bond donors (Lipinski definition) is 1. The number of rotatable bonds is 4. The molecular weight excluding hydrogens is 343 g/mol. The zero-order chi connectivity index (χ0) is 18.8. The molecule has 2 aliphatic rings. The van der Waals surface area contributed by atoms with Crippen molar-refractivity contribution in [3.8, 4) is 5.75 Å². The Labute approximate surface area is 159 Å². The molecule has 0 bridgehead atoms. The Balaban J connectivity index is 1.33. The van der Waals surface area contributed by atoms with E-state index in [9.17, 15) is 14.3 Å². The average Bonchev–Trinajstić information content (AvgIpc) is 3.05. The van der Waals surface area contributed by atoms with Crippen LogP contribution in [-0.4, -0.2) is 46.5 Å². The number of piperidine rings is 1. The van der Waals surface area contributed by atoms with Crippen LogP contribution in [0.1, 0.15) is 36.3 Å². The van der Waals surface area contributed by atoms with Gasteiger partial charge in [-0.05, 0) is 73.7 Å². The van der Waals surface area contributed by atoms with Crippen LogP contribution in [0, 0.1) is 5.82 Å². The molecule has 27 heavy (non-hydrogen) atoms. The maximum absolute atomic E-state index is 13.1. The molecular formula is C22H25FN2O2. The van der Waals surface area contributed by atoms with Crippen molar-refractivity contribution in [3.63, 3.8) is 0 Å². The summed E-state index contributed by atoms with van der Waals surface area (Å²) in [7, 11) is 0. The molecule has 0 unspecified atom stereocenters. The van der Waals surface area contributed by atoms with Gasteiger partial charge in [0.05, 0.1) is 6.04 Å². The van der Waals surface area contributed by atoms with E-state index in [4.69, 9.17) is 0 Å². The molecule has 0 aromatic heterocycles. The van der Waals surface area contributed by atoms with Gasteiger partial charge in [0.1, 0.15) is 11.6 Å². The summed E-state index contributed by atoms with van der Waals surface area (Å²) in [6.45, 7) is 3.16. The van der Waals surface area contributed by atoms with E-state index in [1.807, 2.05) is 17.0 Å². The fraction of sp³-hybridized carbons (Fsp3) is 0.409. The molecule has 0 spiro atoms. The second kappa shape index (κ2) is 7.69. The van der Waals surface area contributed by atoms with Gasteiger partial charge in [-0.15, -0.1) is 0 Å². The van der Waals surface area contributed by atoms with Crippen LogP contribution in [0.2, 0.25) is 0 Å². The molecule has 142 valence electrons. The Morgan fingerprint density at radius 3 is 2.26 bits per heavy atom. The predicted octanol–water partition coefficient (Wildman–Crippen LogP) is 3.51. The van der Waals surface area contributed by atoms with Gasteiger partial charge in [-0.3, -0.25) is 9.69 Å². The Kier molecular flexibility index (Phi) is 5.12. The maximum Gasteiger partial charge on any atom is 0.240 e. The number of carbonyl (C=O) groups excluding carboxylic acids is 1. The van der Waals surface area contributed by atoms with Crippen LogP contribution in [0.15, 0.2) is 48.5 Å². The SMILES string of the molecule is O=C1[C@@H](N2CCC(c3ccc(O)cc3)CC2)CCN1Cc1ccc(F)cc1. The standard InChI is InChI=1S/C22H25FN2O2/c23-19-5-1-16(2-6-19)15-25-14-11-21(22(25)27)24-12-9-18(10-13-24)17-3-7-20(26)8-4-17/h1-8,18,21,26H,9-15H2/t21-/m0/s1. The fourth-order valence-electron chi connectivity index (χ4n) is 4.32. The summed E-state index contributed by atoms with van der Waals surface area (Å²) in [6, 6.07) is 13.9. The number of phenols is 1. The summed E-state index contributed by atoms with van der Waals surface area (Å²) in [5.74, 6) is 0.742. The predicted molar refractivity (Wildman–Crippen MR) is 102 cm³/mol. The molecule has 0 radical (unpaired) electrons. The van der Waals surface area contributed by atoms with Crippen molar-refractivity contribution >= 4 is 5.91 Å². The van der Waals surface area contributed by atoms with Crippen LogP contribution in [0.25, 0.3) is 0 Å². The Bertz CT molecular complexity index is 783. The second-order valence-electron chi connectivity index (χ2n) is 7.59. The van der Waals surface area contributed by atoms with Crippen LogP contribution in [0.5, 0.6) is 5.75 Å². The molecule has 1 atom stereocenters. The van der Waals surface area contributed by atoms with E-state index in [0.717, 1.165) is 44.5 Å². The second-order valence-corrected chi connectivity index (χ2v) is 7.59. The quantitative estimate of drug-likeness (QED) is 0.898. The lowest BCUT2D eigenvalue weighted by molar-refractivity contribution is -0.133. The molecule has 2 saturated heterocycles. The topological polar surface area (TPSA) is 43.8 Å². The normalized spacial score (nSPS) is 21.7. The van der Waals surface area contributed by atoms with Crippen molar-refractivity contribution in [2.45, 2.75) is 37.8 Å². The molecule has 2 aromatic rings. The van der Waals surface area contributed by atoms with E-state index >= 15 is 0 Å². The third-order valence-electron chi connectivity index (χ3n) is 5.89. The van der Waals surface area contributed by atoms with Gasteiger partial charge in [-0.2, -0.15) is 0 Å². The van der Waals surface area contributed by atoms with Crippen molar-refractivity contribution in [2.75, 3.05) is 19.6 Å². The minimum absolute atomic E-state index is 0.0220. The first-order valence-electron chi connectivity index (χ1n) is 9.66. The highest BCUT2D eigenvalue weighted by Crippen LogP contribution is 2.31. The first kappa shape index (κ1) is 18.0. The number of nitrogens with zero attached hydrogens (tertiary/aromatic N) is 2. The van der Waals surface area contributed by atoms with Gasteiger partial charge < -0.3 is 10.0 Å². The third kappa shape index (κ3) is 3.98. The molecule has 4 nitrogen and oxygen atoms in total. The van der Waals surface area contributed by atoms with Crippen LogP contribution >= 0.6 is 0 Å². The summed E-state index contributed by atoms with van der Waals surface area (Å²) in [4.78, 5) is 17.1. The summed E-state index contributed by atoms with van der Waals surface area (Å²) in [6.07, 6.45) is 2.93. The van der Waals surface area contributed by atoms with Crippen molar-refractivity contribution in [2.24, 2.45) is 0 Å². The largest absolute Gasteiger partial charge is 0.508 e. The lowest BCUT2D eigenvalue weighted by Gasteiger charge is -2.35. The number of phenolic OH excluding ortho intramolecular Hbond substituents is 1. The van der Waals surface area contributed by atoms with Gasteiger partial charge in [0.25, 0.3) is 0 Å². The van der Waals surface area contributed by atoms with Crippen molar-refractivity contribution in [1.29, 1.82) is 0 Å². The van der Waals surface area contributed by atoms with E-state index in [1.165, 1.54) is 17.7 Å². The van der Waals surface area contributed by atoms with Gasteiger partial charge in [-0.25, -0.2) is 4.39 Å². The van der Waals surface area contributed by atoms with Crippen LogP contribution in [0.4, 0.5) is 4.39 Å². The van der Waals surface area contributed by atoms with E-state index < -0.39 is 0 Å². The zero-order valence-corrected chi connectivity index (χ0v) is 15.4. The molecule has 2 aliphatic heterocycles. The highest BCUT2D eigenvalue weighted by atomic mass is 19.1. The van der Waals surface area contributed by atoms with Crippen LogP contribution in [0.3, 0.4) is 0 Å². The van der Waals surface area contributed by atoms with Gasteiger partial charge in [0, 0.05) is 13.1 Å². The molecule has 0 aliphatic carbocycles. The molecule has 5 heteroatoms. The smallest absolute Gasteiger partial charge is 0.240 e. The monoisotopic (exact) mass is 368 g/mol. The van der Waals surface area contributed by atoms with Crippen LogP contribution < -0.4 is 0 Å². The molecule has 1 N–H and O–H groups in total. The fourth-order valence-corrected chi connectivity index (χ4v) is 4.32. The first-order valence-corrected chi connectivity index (χ1v) is 9.66. The lowest BCUT2D eigenvalue weighted by atomic mass is 9.89. The first-order chi connectivity index (χ1) is 13.1. The van der Waals surface area contributed by atoms with Crippen molar-refractivity contribution in [3.05, 3.63) is 65.5 Å². The van der Waals surface area contributed by atoms with Crippen LogP contribution in [-0.2, 0) is 11.3 Å². The van der Waals surface area contributed by atoms with Gasteiger partial charge >= 0.3 is 0 Å². The Morgan fingerprint density at radius 2 is 1.59 bits per heavy atom. The van der Waals surface area contributed by atoms with E-state index in [2.05, 4.69) is 4.90 Å². The third-order valence-corrected chi connectivity index (χ3v) is 5.89. The molecule has 2 fully saturated rings. The number of likely N-dealkylation sites (tertiary alicyclic amines) is 2. The van der Waals surface area contributed by atoms with Gasteiger partial charge in [0.2, 0.25) is 5.91 Å². The highest BCUT2D eigenvalue weighted by molar-refractivity contribution is 5.84. The number of aromatic hydroxyl groups is 1. The number of halogens is 1. The highest BCUT2D eigenvalue weighted by Gasteiger charge is 2.37. The molecule has 4 rings (SSSR count). The summed E-state index contributed by atoms with van der Waals surface area (Å²) >= 11 is 0. The van der Waals surface area contributed by atoms with E-state index in [0.29, 0.717) is 18.2 Å².